The van der Waals surface area contributed by atoms with Gasteiger partial charge in [-0.1, -0.05) is 26.7 Å². The second kappa shape index (κ2) is 6.83. The average molecular weight is 171 g/mol. The van der Waals surface area contributed by atoms with E-state index >= 15 is 0 Å². The molecule has 0 aliphatic rings. The van der Waals surface area contributed by atoms with Crippen LogP contribution in [0.2, 0.25) is 0 Å². The first-order valence-electron chi connectivity index (χ1n) is 4.55. The Morgan fingerprint density at radius 2 is 2.08 bits per heavy atom. The third kappa shape index (κ3) is 4.88. The van der Waals surface area contributed by atoms with Crippen molar-refractivity contribution in [3.8, 4) is 0 Å². The Bertz CT molecular complexity index is 164. The van der Waals surface area contributed by atoms with E-state index in [0.717, 1.165) is 25.7 Å². The van der Waals surface area contributed by atoms with E-state index < -0.39 is 0 Å². The minimum absolute atomic E-state index is 0.259. The summed E-state index contributed by atoms with van der Waals surface area (Å²) in [6.45, 7) is 4.06. The summed E-state index contributed by atoms with van der Waals surface area (Å²) in [6, 6.07) is 0. The molecule has 0 N–H and O–H groups in total. The first kappa shape index (κ1) is 11.1. The van der Waals surface area contributed by atoms with E-state index in [0.29, 0.717) is 12.1 Å². The standard InChI is InChI=1S/C9H17NO2/c1-3-5-7-9(10(11)12)8-6-4-2/h7H,3-6,8H2,1-2H3. The molecule has 0 atom stereocenters. The van der Waals surface area contributed by atoms with Crippen molar-refractivity contribution >= 4 is 0 Å². The molecule has 0 radical (unpaired) electrons. The van der Waals surface area contributed by atoms with Crippen molar-refractivity contribution < 1.29 is 4.92 Å². The second-order valence-electron chi connectivity index (χ2n) is 2.84. The van der Waals surface area contributed by atoms with Gasteiger partial charge in [-0.25, -0.2) is 0 Å². The maximum Gasteiger partial charge on any atom is 0.242 e. The summed E-state index contributed by atoms with van der Waals surface area (Å²) in [7, 11) is 0. The Hall–Kier alpha value is -0.860. The van der Waals surface area contributed by atoms with Gasteiger partial charge in [0.15, 0.2) is 0 Å². The second-order valence-corrected chi connectivity index (χ2v) is 2.84. The SMILES string of the molecule is CCCC=C(CCCC)[N+](=O)[O-]. The van der Waals surface area contributed by atoms with Gasteiger partial charge < -0.3 is 0 Å². The normalized spacial score (nSPS) is 11.7. The zero-order chi connectivity index (χ0) is 9.40. The lowest BCUT2D eigenvalue weighted by Crippen LogP contribution is -1.98. The zero-order valence-corrected chi connectivity index (χ0v) is 7.88. The molecule has 12 heavy (non-hydrogen) atoms. The van der Waals surface area contributed by atoms with Crippen LogP contribution in [0.4, 0.5) is 0 Å². The number of nitrogens with zero attached hydrogens (tertiary/aromatic N) is 1. The van der Waals surface area contributed by atoms with Gasteiger partial charge in [-0.2, -0.15) is 0 Å². The summed E-state index contributed by atoms with van der Waals surface area (Å²) in [6.07, 6.45) is 6.08. The summed E-state index contributed by atoms with van der Waals surface area (Å²) in [4.78, 5) is 10.2. The highest BCUT2D eigenvalue weighted by atomic mass is 16.6. The first-order valence-corrected chi connectivity index (χ1v) is 4.55. The molecule has 0 bridgehead atoms. The van der Waals surface area contributed by atoms with Crippen LogP contribution in [0, 0.1) is 10.1 Å². The minimum atomic E-state index is -0.259. The molecule has 0 heterocycles. The maximum atomic E-state index is 10.4. The predicted molar refractivity (Wildman–Crippen MR) is 49.5 cm³/mol. The van der Waals surface area contributed by atoms with Gasteiger partial charge in [0.1, 0.15) is 0 Å². The molecule has 3 nitrogen and oxygen atoms in total. The summed E-state index contributed by atoms with van der Waals surface area (Å²) >= 11 is 0. The van der Waals surface area contributed by atoms with Gasteiger partial charge in [0.25, 0.3) is 0 Å². The van der Waals surface area contributed by atoms with Gasteiger partial charge in [0, 0.05) is 6.42 Å². The molecule has 0 unspecified atom stereocenters. The van der Waals surface area contributed by atoms with Crippen LogP contribution in [0.25, 0.3) is 0 Å². The number of hydrogen-bond acceptors (Lipinski definition) is 2. The van der Waals surface area contributed by atoms with Crippen LogP contribution in [-0.2, 0) is 0 Å². The molecule has 0 aliphatic heterocycles. The van der Waals surface area contributed by atoms with Crippen LogP contribution in [-0.4, -0.2) is 4.92 Å². The molecule has 0 aliphatic carbocycles. The molecular formula is C9H17NO2. The van der Waals surface area contributed by atoms with Gasteiger partial charge >= 0.3 is 0 Å². The lowest BCUT2D eigenvalue weighted by Gasteiger charge is -1.96. The van der Waals surface area contributed by atoms with Crippen LogP contribution < -0.4 is 0 Å². The van der Waals surface area contributed by atoms with E-state index in [-0.39, 0.29) is 4.92 Å². The number of rotatable bonds is 6. The molecule has 0 rings (SSSR count). The van der Waals surface area contributed by atoms with Gasteiger partial charge in [-0.15, -0.1) is 0 Å². The highest BCUT2D eigenvalue weighted by Crippen LogP contribution is 2.09. The lowest BCUT2D eigenvalue weighted by atomic mass is 10.2. The van der Waals surface area contributed by atoms with E-state index in [2.05, 4.69) is 0 Å². The Kier molecular flexibility index (Phi) is 6.34. The molecule has 0 spiro atoms. The van der Waals surface area contributed by atoms with E-state index in [1.54, 1.807) is 6.08 Å². The molecule has 0 fully saturated rings. The van der Waals surface area contributed by atoms with Gasteiger partial charge in [0.05, 0.1) is 4.92 Å². The molecule has 0 aromatic carbocycles. The smallest absolute Gasteiger partial charge is 0.242 e. The van der Waals surface area contributed by atoms with Crippen molar-refractivity contribution in [2.45, 2.75) is 46.0 Å². The lowest BCUT2D eigenvalue weighted by molar-refractivity contribution is -0.428. The number of unbranched alkanes of at least 4 members (excludes halogenated alkanes) is 2. The Balaban J connectivity index is 3.94. The molecule has 0 saturated heterocycles. The molecule has 0 aromatic rings. The fourth-order valence-electron chi connectivity index (χ4n) is 0.937. The number of allylic oxidation sites excluding steroid dienone is 2. The maximum absolute atomic E-state index is 10.4. The third-order valence-electron chi connectivity index (χ3n) is 1.69. The van der Waals surface area contributed by atoms with Gasteiger partial charge in [0.2, 0.25) is 5.70 Å². The molecular weight excluding hydrogens is 154 g/mol. The highest BCUT2D eigenvalue weighted by Gasteiger charge is 2.07. The molecule has 70 valence electrons. The summed E-state index contributed by atoms with van der Waals surface area (Å²) in [5.41, 5.74) is 0.388. The van der Waals surface area contributed by atoms with Crippen LogP contribution in [0.3, 0.4) is 0 Å². The molecule has 0 aromatic heterocycles. The van der Waals surface area contributed by atoms with Crippen molar-refractivity contribution in [3.05, 3.63) is 21.9 Å². The summed E-state index contributed by atoms with van der Waals surface area (Å²) in [5.74, 6) is 0. The molecule has 0 amide bonds. The van der Waals surface area contributed by atoms with Crippen LogP contribution in [0.5, 0.6) is 0 Å². The van der Waals surface area contributed by atoms with Crippen molar-refractivity contribution in [2.24, 2.45) is 0 Å². The van der Waals surface area contributed by atoms with E-state index in [1.807, 2.05) is 13.8 Å². The Labute approximate surface area is 73.6 Å². The van der Waals surface area contributed by atoms with Crippen LogP contribution >= 0.6 is 0 Å². The minimum Gasteiger partial charge on any atom is -0.259 e. The Morgan fingerprint density at radius 1 is 1.42 bits per heavy atom. The van der Waals surface area contributed by atoms with Crippen molar-refractivity contribution in [3.63, 3.8) is 0 Å². The zero-order valence-electron chi connectivity index (χ0n) is 7.88. The fraction of sp³-hybridized carbons (Fsp3) is 0.778. The van der Waals surface area contributed by atoms with E-state index in [1.165, 1.54) is 0 Å². The van der Waals surface area contributed by atoms with Crippen molar-refractivity contribution in [1.29, 1.82) is 0 Å². The first-order chi connectivity index (χ1) is 5.72. The largest absolute Gasteiger partial charge is 0.259 e. The monoisotopic (exact) mass is 171 g/mol. The third-order valence-corrected chi connectivity index (χ3v) is 1.69. The van der Waals surface area contributed by atoms with Crippen LogP contribution in [0.1, 0.15) is 46.0 Å². The van der Waals surface area contributed by atoms with Crippen LogP contribution in [0.15, 0.2) is 11.8 Å². The van der Waals surface area contributed by atoms with Crippen molar-refractivity contribution in [1.82, 2.24) is 0 Å². The average Bonchev–Trinajstić information content (AvgIpc) is 2.04. The van der Waals surface area contributed by atoms with Gasteiger partial charge in [-0.05, 0) is 18.9 Å². The van der Waals surface area contributed by atoms with Gasteiger partial charge in [-0.3, -0.25) is 10.1 Å². The molecule has 3 heteroatoms. The molecule has 0 saturated carbocycles. The topological polar surface area (TPSA) is 43.1 Å². The summed E-state index contributed by atoms with van der Waals surface area (Å²) in [5, 5.41) is 10.4. The number of hydrogen-bond donors (Lipinski definition) is 0. The number of nitro groups is 1. The van der Waals surface area contributed by atoms with Crippen molar-refractivity contribution in [2.75, 3.05) is 0 Å². The van der Waals surface area contributed by atoms with E-state index in [4.69, 9.17) is 0 Å². The highest BCUT2D eigenvalue weighted by molar-refractivity contribution is 4.91. The fourth-order valence-corrected chi connectivity index (χ4v) is 0.937. The predicted octanol–water partition coefficient (Wildman–Crippen LogP) is 3.14. The quantitative estimate of drug-likeness (QED) is 0.455. The Morgan fingerprint density at radius 3 is 2.50 bits per heavy atom. The summed E-state index contributed by atoms with van der Waals surface area (Å²) < 4.78 is 0. The van der Waals surface area contributed by atoms with E-state index in [9.17, 15) is 10.1 Å².